The largest absolute Gasteiger partial charge is 0.457 e. The second-order valence-corrected chi connectivity index (χ2v) is 17.6. The highest BCUT2D eigenvalue weighted by Gasteiger charge is 2.44. The predicted molar refractivity (Wildman–Crippen MR) is 265 cm³/mol. The Morgan fingerprint density at radius 1 is 0.516 bits per heavy atom. The average molecular weight is 901 g/mol. The zero-order valence-electron chi connectivity index (χ0n) is 40.8. The maximum Gasteiger partial charge on any atom is 0.306 e. The molecule has 1 aliphatic heterocycles. The van der Waals surface area contributed by atoms with Crippen molar-refractivity contribution in [2.45, 2.75) is 243 Å². The maximum atomic E-state index is 12.8. The lowest BCUT2D eigenvalue weighted by molar-refractivity contribution is -0.305. The van der Waals surface area contributed by atoms with Crippen molar-refractivity contribution in [1.82, 2.24) is 0 Å². The lowest BCUT2D eigenvalue weighted by Crippen LogP contribution is -2.59. The van der Waals surface area contributed by atoms with Crippen LogP contribution in [-0.2, 0) is 23.7 Å². The van der Waals surface area contributed by atoms with E-state index in [1.807, 2.05) is 0 Å². The molecule has 9 heteroatoms. The van der Waals surface area contributed by atoms with Crippen molar-refractivity contribution in [2.75, 3.05) is 26.4 Å². The van der Waals surface area contributed by atoms with E-state index in [2.05, 4.69) is 86.8 Å². The maximum absolute atomic E-state index is 12.8. The molecule has 0 bridgehead atoms. The lowest BCUT2D eigenvalue weighted by Gasteiger charge is -2.39. The van der Waals surface area contributed by atoms with E-state index in [4.69, 9.17) is 18.9 Å². The number of rotatable bonds is 44. The number of carbonyl (C=O) groups excluding carboxylic acids is 1. The van der Waals surface area contributed by atoms with Gasteiger partial charge in [-0.2, -0.15) is 0 Å². The van der Waals surface area contributed by atoms with Gasteiger partial charge in [0.1, 0.15) is 30.5 Å². The standard InChI is InChI=1S/C55H96O9/c1-3-5-7-9-11-13-15-17-19-21-23-24-25-26-27-28-30-32-34-36-38-40-42-44-51(57)63-49(48-62-55-54(60)53(59)52(58)50(46-56)64-55)47-61-45-43-41-39-37-35-33-31-29-22-20-18-16-14-12-10-8-6-4-2/h6,8,12,14-15,17-18,20-21,23,29,31,49-50,52-56,58-60H,3-5,7,9-11,13,16,19,22,24-28,30,32-48H2,1-2H3/b8-6-,14-12-,17-15-,20-18-,23-21-,31-29-. The fourth-order valence-corrected chi connectivity index (χ4v) is 7.57. The van der Waals surface area contributed by atoms with Crippen LogP contribution >= 0.6 is 0 Å². The summed E-state index contributed by atoms with van der Waals surface area (Å²) in [4.78, 5) is 12.8. The molecular weight excluding hydrogens is 805 g/mol. The highest BCUT2D eigenvalue weighted by Crippen LogP contribution is 2.23. The minimum absolute atomic E-state index is 0.125. The summed E-state index contributed by atoms with van der Waals surface area (Å²) in [5.74, 6) is -0.324. The zero-order chi connectivity index (χ0) is 46.4. The fourth-order valence-electron chi connectivity index (χ4n) is 7.57. The van der Waals surface area contributed by atoms with Gasteiger partial charge in [0.05, 0.1) is 19.8 Å². The van der Waals surface area contributed by atoms with Crippen molar-refractivity contribution >= 4 is 5.97 Å². The average Bonchev–Trinajstić information content (AvgIpc) is 3.30. The molecule has 1 heterocycles. The molecule has 370 valence electrons. The van der Waals surface area contributed by atoms with Crippen molar-refractivity contribution in [3.63, 3.8) is 0 Å². The third kappa shape index (κ3) is 35.8. The van der Waals surface area contributed by atoms with E-state index in [0.29, 0.717) is 13.0 Å². The van der Waals surface area contributed by atoms with Crippen LogP contribution in [0, 0.1) is 0 Å². The number of hydrogen-bond acceptors (Lipinski definition) is 9. The molecule has 0 aromatic carbocycles. The molecule has 0 saturated carbocycles. The highest BCUT2D eigenvalue weighted by atomic mass is 16.7. The normalized spacial score (nSPS) is 20.1. The molecule has 9 nitrogen and oxygen atoms in total. The number of allylic oxidation sites excluding steroid dienone is 12. The van der Waals surface area contributed by atoms with E-state index in [1.165, 1.54) is 109 Å². The van der Waals surface area contributed by atoms with Gasteiger partial charge in [0.25, 0.3) is 0 Å². The van der Waals surface area contributed by atoms with Crippen molar-refractivity contribution in [2.24, 2.45) is 0 Å². The number of ether oxygens (including phenoxy) is 4. The smallest absolute Gasteiger partial charge is 0.306 e. The third-order valence-electron chi connectivity index (χ3n) is 11.6. The summed E-state index contributed by atoms with van der Waals surface area (Å²) in [7, 11) is 0. The topological polar surface area (TPSA) is 135 Å². The van der Waals surface area contributed by atoms with Gasteiger partial charge in [0.15, 0.2) is 6.29 Å². The van der Waals surface area contributed by atoms with Gasteiger partial charge >= 0.3 is 5.97 Å². The van der Waals surface area contributed by atoms with E-state index in [-0.39, 0.29) is 19.2 Å². The summed E-state index contributed by atoms with van der Waals surface area (Å²) < 4.78 is 22.9. The van der Waals surface area contributed by atoms with Gasteiger partial charge in [-0.1, -0.05) is 189 Å². The molecule has 0 aliphatic carbocycles. The Balaban J connectivity index is 2.21. The number of esters is 1. The van der Waals surface area contributed by atoms with E-state index >= 15 is 0 Å². The van der Waals surface area contributed by atoms with Crippen LogP contribution in [0.2, 0.25) is 0 Å². The third-order valence-corrected chi connectivity index (χ3v) is 11.6. The van der Waals surface area contributed by atoms with Gasteiger partial charge in [-0.25, -0.2) is 0 Å². The molecule has 4 N–H and O–H groups in total. The second-order valence-electron chi connectivity index (χ2n) is 17.6. The number of unbranched alkanes of at least 4 members (excludes halogenated alkanes) is 21. The van der Waals surface area contributed by atoms with Gasteiger partial charge in [-0.15, -0.1) is 0 Å². The van der Waals surface area contributed by atoms with E-state index in [1.54, 1.807) is 0 Å². The van der Waals surface area contributed by atoms with Crippen molar-refractivity contribution in [1.29, 1.82) is 0 Å². The molecule has 0 spiro atoms. The number of aliphatic hydroxyl groups excluding tert-OH is 4. The first kappa shape index (κ1) is 59.6. The van der Waals surface area contributed by atoms with E-state index in [0.717, 1.165) is 77.0 Å². The van der Waals surface area contributed by atoms with Crippen LogP contribution in [0.4, 0.5) is 0 Å². The molecule has 0 aromatic rings. The lowest BCUT2D eigenvalue weighted by atomic mass is 9.99. The number of hydrogen-bond donors (Lipinski definition) is 4. The Morgan fingerprint density at radius 2 is 0.953 bits per heavy atom. The first-order valence-corrected chi connectivity index (χ1v) is 26.0. The van der Waals surface area contributed by atoms with Crippen molar-refractivity contribution in [3.05, 3.63) is 72.9 Å². The molecule has 0 amide bonds. The Hall–Kier alpha value is -2.37. The van der Waals surface area contributed by atoms with Crippen molar-refractivity contribution < 1.29 is 44.2 Å². The Kier molecular flexibility index (Phi) is 42.7. The second kappa shape index (κ2) is 45.8. The quantitative estimate of drug-likeness (QED) is 0.0268. The van der Waals surface area contributed by atoms with Gasteiger partial charge < -0.3 is 39.4 Å². The van der Waals surface area contributed by atoms with Crippen LogP contribution in [-0.4, -0.2) is 89.6 Å². The Labute approximate surface area is 391 Å². The Morgan fingerprint density at radius 3 is 1.44 bits per heavy atom. The first-order chi connectivity index (χ1) is 31.4. The molecule has 6 unspecified atom stereocenters. The SMILES string of the molecule is CC/C=C\C/C=C\C/C=C\C/C=C\CCCCCCCOCC(COC1OC(CO)C(O)C(O)C1O)OC(=O)CCCCCCCCCCCCC/C=C\C/C=C\CCCCCCC. The summed E-state index contributed by atoms with van der Waals surface area (Å²) in [6.07, 6.45) is 53.6. The van der Waals surface area contributed by atoms with Crippen LogP contribution in [0.1, 0.15) is 206 Å². The van der Waals surface area contributed by atoms with Crippen LogP contribution in [0.15, 0.2) is 72.9 Å². The molecule has 64 heavy (non-hydrogen) atoms. The highest BCUT2D eigenvalue weighted by molar-refractivity contribution is 5.69. The number of carbonyl (C=O) groups is 1. The molecule has 6 atom stereocenters. The Bertz CT molecular complexity index is 1210. The molecule has 1 fully saturated rings. The minimum atomic E-state index is -1.54. The van der Waals surface area contributed by atoms with Crippen LogP contribution < -0.4 is 0 Å². The van der Waals surface area contributed by atoms with Gasteiger partial charge in [-0.3, -0.25) is 4.79 Å². The molecule has 1 saturated heterocycles. The van der Waals surface area contributed by atoms with Crippen LogP contribution in [0.3, 0.4) is 0 Å². The van der Waals surface area contributed by atoms with Crippen molar-refractivity contribution in [3.8, 4) is 0 Å². The summed E-state index contributed by atoms with van der Waals surface area (Å²) in [6.45, 7) is 4.40. The van der Waals surface area contributed by atoms with E-state index in [9.17, 15) is 25.2 Å². The molecule has 0 radical (unpaired) electrons. The summed E-state index contributed by atoms with van der Waals surface area (Å²) >= 11 is 0. The van der Waals surface area contributed by atoms with Crippen LogP contribution in [0.5, 0.6) is 0 Å². The summed E-state index contributed by atoms with van der Waals surface area (Å²) in [5.41, 5.74) is 0. The van der Waals surface area contributed by atoms with Gasteiger partial charge in [-0.05, 0) is 83.5 Å². The summed E-state index contributed by atoms with van der Waals surface area (Å²) in [5, 5.41) is 40.3. The summed E-state index contributed by atoms with van der Waals surface area (Å²) in [6, 6.07) is 0. The number of aliphatic hydroxyl groups is 4. The first-order valence-electron chi connectivity index (χ1n) is 26.0. The minimum Gasteiger partial charge on any atom is -0.457 e. The predicted octanol–water partition coefficient (Wildman–Crippen LogP) is 12.8. The monoisotopic (exact) mass is 901 g/mol. The molecule has 1 aliphatic rings. The molecule has 0 aromatic heterocycles. The molecule has 1 rings (SSSR count). The van der Waals surface area contributed by atoms with Crippen LogP contribution in [0.25, 0.3) is 0 Å². The zero-order valence-corrected chi connectivity index (χ0v) is 40.8. The van der Waals surface area contributed by atoms with Gasteiger partial charge in [0, 0.05) is 13.0 Å². The molecular formula is C55H96O9. The van der Waals surface area contributed by atoms with Gasteiger partial charge in [0.2, 0.25) is 0 Å². The fraction of sp³-hybridized carbons (Fsp3) is 0.764. The van der Waals surface area contributed by atoms with E-state index < -0.39 is 43.4 Å².